The highest BCUT2D eigenvalue weighted by atomic mass is 79.9. The molecule has 0 aliphatic carbocycles. The molecule has 24 heavy (non-hydrogen) atoms. The summed E-state index contributed by atoms with van der Waals surface area (Å²) in [6, 6.07) is 2.21. The molecular weight excluding hydrogens is 463 g/mol. The van der Waals surface area contributed by atoms with Gasteiger partial charge in [-0.1, -0.05) is 6.92 Å². The number of carbonyl (C=O) groups is 1. The lowest BCUT2D eigenvalue weighted by Gasteiger charge is -2.23. The fourth-order valence-corrected chi connectivity index (χ4v) is 4.52. The van der Waals surface area contributed by atoms with E-state index in [-0.39, 0.29) is 18.3 Å². The fourth-order valence-electron chi connectivity index (χ4n) is 3.03. The number of nitrogens with zero attached hydrogens (tertiary/aromatic N) is 1. The van der Waals surface area contributed by atoms with Gasteiger partial charge in [-0.15, -0.1) is 12.4 Å². The monoisotopic (exact) mass is 484 g/mol. The molecule has 8 heteroatoms. The van der Waals surface area contributed by atoms with Gasteiger partial charge in [0.15, 0.2) is 0 Å². The molecule has 1 amide bonds. The summed E-state index contributed by atoms with van der Waals surface area (Å²) >= 11 is 6.86. The van der Waals surface area contributed by atoms with Gasteiger partial charge in [0.2, 0.25) is 0 Å². The summed E-state index contributed by atoms with van der Waals surface area (Å²) in [7, 11) is 3.08. The Kier molecular flexibility index (Phi) is 8.84. The predicted molar refractivity (Wildman–Crippen MR) is 105 cm³/mol. The second kappa shape index (κ2) is 9.85. The van der Waals surface area contributed by atoms with Crippen LogP contribution in [0, 0.1) is 0 Å². The van der Waals surface area contributed by atoms with Crippen molar-refractivity contribution in [3.63, 3.8) is 0 Å². The normalized spacial score (nSPS) is 17.3. The standard InChI is InChI=1S/C16H22Br2N2O3.ClH/c1-4-20-7-5-6-10(20)9-19-16(21)13-14(22-2)11(17)8-12(18)15(13)23-3;/h8,10H,4-7,9H2,1-3H3,(H,19,21);1H/t10-;/m0./s1. The van der Waals surface area contributed by atoms with Crippen molar-refractivity contribution in [2.75, 3.05) is 33.9 Å². The quantitative estimate of drug-likeness (QED) is 0.664. The zero-order chi connectivity index (χ0) is 17.0. The number of methoxy groups -OCH3 is 2. The van der Waals surface area contributed by atoms with Crippen molar-refractivity contribution in [1.29, 1.82) is 0 Å². The highest BCUT2D eigenvalue weighted by Crippen LogP contribution is 2.41. The van der Waals surface area contributed by atoms with E-state index in [4.69, 9.17) is 9.47 Å². The van der Waals surface area contributed by atoms with Crippen molar-refractivity contribution in [2.24, 2.45) is 0 Å². The first-order chi connectivity index (χ1) is 11.0. The smallest absolute Gasteiger partial charge is 0.258 e. The summed E-state index contributed by atoms with van der Waals surface area (Å²) in [6.07, 6.45) is 2.30. The molecule has 1 aromatic carbocycles. The summed E-state index contributed by atoms with van der Waals surface area (Å²) in [4.78, 5) is 15.1. The molecule has 0 aromatic heterocycles. The van der Waals surface area contributed by atoms with Crippen LogP contribution in [0.15, 0.2) is 15.0 Å². The van der Waals surface area contributed by atoms with Crippen LogP contribution in [0.1, 0.15) is 30.1 Å². The number of amides is 1. The predicted octanol–water partition coefficient (Wildman–Crippen LogP) is 3.86. The Morgan fingerprint density at radius 1 is 1.29 bits per heavy atom. The zero-order valence-electron chi connectivity index (χ0n) is 14.0. The van der Waals surface area contributed by atoms with Gasteiger partial charge in [-0.3, -0.25) is 9.69 Å². The van der Waals surface area contributed by atoms with E-state index >= 15 is 0 Å². The van der Waals surface area contributed by atoms with E-state index in [2.05, 4.69) is 49.0 Å². The number of ether oxygens (including phenoxy) is 2. The van der Waals surface area contributed by atoms with Crippen LogP contribution in [-0.2, 0) is 0 Å². The Morgan fingerprint density at radius 2 is 1.88 bits per heavy atom. The summed E-state index contributed by atoms with van der Waals surface area (Å²) in [6.45, 7) is 4.89. The molecule has 136 valence electrons. The number of benzene rings is 1. The van der Waals surface area contributed by atoms with Crippen molar-refractivity contribution >= 4 is 50.2 Å². The molecule has 1 N–H and O–H groups in total. The molecule has 1 aliphatic rings. The van der Waals surface area contributed by atoms with E-state index in [1.54, 1.807) is 14.2 Å². The second-order valence-electron chi connectivity index (χ2n) is 5.42. The van der Waals surface area contributed by atoms with Crippen molar-refractivity contribution in [1.82, 2.24) is 10.2 Å². The van der Waals surface area contributed by atoms with Gasteiger partial charge in [0.05, 0.1) is 23.2 Å². The summed E-state index contributed by atoms with van der Waals surface area (Å²) in [5.41, 5.74) is 0.400. The largest absolute Gasteiger partial charge is 0.495 e. The third kappa shape index (κ3) is 4.56. The van der Waals surface area contributed by atoms with Crippen LogP contribution in [0.4, 0.5) is 0 Å². The lowest BCUT2D eigenvalue weighted by molar-refractivity contribution is 0.0935. The van der Waals surface area contributed by atoms with Gasteiger partial charge >= 0.3 is 0 Å². The third-order valence-electron chi connectivity index (χ3n) is 4.18. The van der Waals surface area contributed by atoms with Crippen LogP contribution in [-0.4, -0.2) is 50.7 Å². The molecule has 5 nitrogen and oxygen atoms in total. The molecule has 0 bridgehead atoms. The van der Waals surface area contributed by atoms with Gasteiger partial charge in [0, 0.05) is 12.6 Å². The molecule has 1 aliphatic heterocycles. The van der Waals surface area contributed by atoms with E-state index in [9.17, 15) is 4.79 Å². The molecule has 2 rings (SSSR count). The Balaban J connectivity index is 0.00000288. The number of rotatable bonds is 6. The number of nitrogens with one attached hydrogen (secondary N) is 1. The minimum absolute atomic E-state index is 0. The SMILES string of the molecule is CCN1CCC[C@H]1CNC(=O)c1c(OC)c(Br)cc(Br)c1OC.Cl. The summed E-state index contributed by atoms with van der Waals surface area (Å²) in [5.74, 6) is 0.756. The number of carbonyl (C=O) groups excluding carboxylic acids is 1. The number of hydrogen-bond donors (Lipinski definition) is 1. The van der Waals surface area contributed by atoms with E-state index in [1.807, 2.05) is 6.07 Å². The molecule has 1 fully saturated rings. The topological polar surface area (TPSA) is 50.8 Å². The lowest BCUT2D eigenvalue weighted by Crippen LogP contribution is -2.40. The molecule has 1 atom stereocenters. The van der Waals surface area contributed by atoms with Crippen molar-refractivity contribution in [3.05, 3.63) is 20.6 Å². The van der Waals surface area contributed by atoms with Gasteiger partial charge in [0.25, 0.3) is 5.91 Å². The number of hydrogen-bond acceptors (Lipinski definition) is 4. The molecule has 0 spiro atoms. The van der Waals surface area contributed by atoms with Crippen LogP contribution >= 0.6 is 44.3 Å². The average molecular weight is 487 g/mol. The van der Waals surface area contributed by atoms with E-state index in [1.165, 1.54) is 6.42 Å². The Morgan fingerprint density at radius 3 is 2.38 bits per heavy atom. The molecule has 0 unspecified atom stereocenters. The number of halogens is 3. The molecule has 0 radical (unpaired) electrons. The van der Waals surface area contributed by atoms with Crippen molar-refractivity contribution < 1.29 is 14.3 Å². The Labute approximate surface area is 166 Å². The highest BCUT2D eigenvalue weighted by molar-refractivity contribution is 9.11. The number of likely N-dealkylation sites (tertiary alicyclic amines) is 1. The van der Waals surface area contributed by atoms with Crippen LogP contribution in [0.25, 0.3) is 0 Å². The molecule has 1 aromatic rings. The maximum absolute atomic E-state index is 12.7. The van der Waals surface area contributed by atoms with E-state index in [0.717, 1.165) is 19.5 Å². The van der Waals surface area contributed by atoms with Gasteiger partial charge < -0.3 is 14.8 Å². The van der Waals surface area contributed by atoms with Crippen LogP contribution in [0.5, 0.6) is 11.5 Å². The van der Waals surface area contributed by atoms with Gasteiger partial charge in [-0.05, 0) is 63.9 Å². The third-order valence-corrected chi connectivity index (χ3v) is 5.36. The highest BCUT2D eigenvalue weighted by Gasteiger charge is 2.27. The minimum atomic E-state index is -0.191. The average Bonchev–Trinajstić information content (AvgIpc) is 2.99. The first-order valence-electron chi connectivity index (χ1n) is 7.65. The van der Waals surface area contributed by atoms with Crippen LogP contribution < -0.4 is 14.8 Å². The molecule has 1 saturated heterocycles. The van der Waals surface area contributed by atoms with E-state index in [0.29, 0.717) is 38.6 Å². The maximum atomic E-state index is 12.7. The van der Waals surface area contributed by atoms with Crippen molar-refractivity contribution in [3.8, 4) is 11.5 Å². The number of likely N-dealkylation sites (N-methyl/N-ethyl adjacent to an activating group) is 1. The minimum Gasteiger partial charge on any atom is -0.495 e. The van der Waals surface area contributed by atoms with E-state index < -0.39 is 0 Å². The van der Waals surface area contributed by atoms with Crippen molar-refractivity contribution in [2.45, 2.75) is 25.8 Å². The van der Waals surface area contributed by atoms with Gasteiger partial charge in [0.1, 0.15) is 17.1 Å². The van der Waals surface area contributed by atoms with Gasteiger partial charge in [-0.2, -0.15) is 0 Å². The van der Waals surface area contributed by atoms with Gasteiger partial charge in [-0.25, -0.2) is 0 Å². The Hall–Kier alpha value is -0.500. The summed E-state index contributed by atoms with van der Waals surface area (Å²) < 4.78 is 12.2. The zero-order valence-corrected chi connectivity index (χ0v) is 18.0. The second-order valence-corrected chi connectivity index (χ2v) is 7.13. The Bertz CT molecular complexity index is 559. The molecular formula is C16H23Br2ClN2O3. The summed E-state index contributed by atoms with van der Waals surface area (Å²) in [5, 5.41) is 3.03. The molecule has 0 saturated carbocycles. The first kappa shape index (κ1) is 21.5. The maximum Gasteiger partial charge on any atom is 0.258 e. The molecule has 1 heterocycles. The van der Waals surface area contributed by atoms with Crippen LogP contribution in [0.3, 0.4) is 0 Å². The fraction of sp³-hybridized carbons (Fsp3) is 0.562. The first-order valence-corrected chi connectivity index (χ1v) is 9.24. The lowest BCUT2D eigenvalue weighted by atomic mass is 10.1. The van der Waals surface area contributed by atoms with Crippen LogP contribution in [0.2, 0.25) is 0 Å².